The fraction of sp³-hybridized carbons (Fsp3) is 1.00. The average Bonchev–Trinajstić information content (AvgIpc) is 0.811. The highest BCUT2D eigenvalue weighted by molar-refractivity contribution is 14.1. The molecule has 0 amide bonds. The van der Waals surface area contributed by atoms with Crippen molar-refractivity contribution in [1.29, 1.82) is 0 Å². The van der Waals surface area contributed by atoms with Gasteiger partial charge in [-0.25, -0.2) is 4.39 Å². The lowest BCUT2D eigenvalue weighted by Crippen LogP contribution is -1.56. The van der Waals surface area contributed by atoms with Gasteiger partial charge >= 0.3 is 0 Å². The standard InChI is InChI=1S/CHClFI/c2-1(3)4/h1H. The van der Waals surface area contributed by atoms with E-state index in [-0.39, 0.29) is 0 Å². The Morgan fingerprint density at radius 2 is 2.00 bits per heavy atom. The van der Waals surface area contributed by atoms with Crippen LogP contribution in [-0.4, -0.2) is 3.64 Å². The molecular weight excluding hydrogens is 193 g/mol. The molecule has 0 spiro atoms. The molecule has 1 unspecified atom stereocenters. The van der Waals surface area contributed by atoms with E-state index in [1.807, 2.05) is 0 Å². The van der Waals surface area contributed by atoms with Crippen molar-refractivity contribution in [3.63, 3.8) is 0 Å². The molecule has 1 atom stereocenters. The number of alkyl halides is 3. The summed E-state index contributed by atoms with van der Waals surface area (Å²) in [5.41, 5.74) is 0. The van der Waals surface area contributed by atoms with Gasteiger partial charge in [-0.1, -0.05) is 11.6 Å². The maximum absolute atomic E-state index is 10.8. The minimum absolute atomic E-state index is 1.22. The van der Waals surface area contributed by atoms with Crippen LogP contribution < -0.4 is 0 Å². The fourth-order valence-corrected chi connectivity index (χ4v) is 0. The van der Waals surface area contributed by atoms with Crippen LogP contribution in [0.4, 0.5) is 4.39 Å². The predicted octanol–water partition coefficient (Wildman–Crippen LogP) is 1.91. The van der Waals surface area contributed by atoms with Gasteiger partial charge in [-0.15, -0.1) is 0 Å². The highest BCUT2D eigenvalue weighted by Gasteiger charge is 1.80. The lowest BCUT2D eigenvalue weighted by Gasteiger charge is -1.68. The minimum atomic E-state index is -1.22. The van der Waals surface area contributed by atoms with E-state index >= 15 is 0 Å². The van der Waals surface area contributed by atoms with Gasteiger partial charge in [0.25, 0.3) is 0 Å². The second kappa shape index (κ2) is 2.20. The van der Waals surface area contributed by atoms with Crippen molar-refractivity contribution in [1.82, 2.24) is 0 Å². The molecule has 0 N–H and O–H groups in total. The molecule has 3 heteroatoms. The number of rotatable bonds is 0. The molecule has 0 rings (SSSR count). The van der Waals surface area contributed by atoms with E-state index in [0.29, 0.717) is 0 Å². The molecule has 26 valence electrons. The zero-order valence-corrected chi connectivity index (χ0v) is 4.62. The van der Waals surface area contributed by atoms with Crippen LogP contribution in [0.3, 0.4) is 0 Å². The summed E-state index contributed by atoms with van der Waals surface area (Å²) in [5.74, 6) is 0. The van der Waals surface area contributed by atoms with Crippen molar-refractivity contribution < 1.29 is 4.39 Å². The van der Waals surface area contributed by atoms with Crippen LogP contribution in [0.25, 0.3) is 0 Å². The van der Waals surface area contributed by atoms with Gasteiger partial charge in [0, 0.05) is 0 Å². The summed E-state index contributed by atoms with van der Waals surface area (Å²) in [7, 11) is 0. The number of hydrogen-bond acceptors (Lipinski definition) is 0. The van der Waals surface area contributed by atoms with Crippen molar-refractivity contribution in [2.75, 3.05) is 0 Å². The van der Waals surface area contributed by atoms with Crippen LogP contribution >= 0.6 is 34.2 Å². The zero-order chi connectivity index (χ0) is 3.58. The van der Waals surface area contributed by atoms with Crippen LogP contribution in [0.15, 0.2) is 0 Å². The molecule has 0 heterocycles. The van der Waals surface area contributed by atoms with E-state index in [1.165, 1.54) is 22.6 Å². The maximum Gasteiger partial charge on any atom is 0.223 e. The molecular formula is CHClFI. The van der Waals surface area contributed by atoms with Crippen LogP contribution in [0.2, 0.25) is 0 Å². The van der Waals surface area contributed by atoms with Crippen molar-refractivity contribution in [3.05, 3.63) is 0 Å². The summed E-state index contributed by atoms with van der Waals surface area (Å²) in [6.07, 6.45) is 0. The third kappa shape index (κ3) is 12.4. The highest BCUT2D eigenvalue weighted by Crippen LogP contribution is 2.03. The Balaban J connectivity index is 2.32. The Morgan fingerprint density at radius 1 is 2.00 bits per heavy atom. The monoisotopic (exact) mass is 194 g/mol. The van der Waals surface area contributed by atoms with E-state index in [9.17, 15) is 4.39 Å². The Morgan fingerprint density at radius 3 is 2.00 bits per heavy atom. The predicted molar refractivity (Wildman–Crippen MR) is 24.8 cm³/mol. The van der Waals surface area contributed by atoms with Gasteiger partial charge in [-0.05, 0) is 22.6 Å². The van der Waals surface area contributed by atoms with E-state index in [2.05, 4.69) is 11.6 Å². The maximum atomic E-state index is 10.8. The summed E-state index contributed by atoms with van der Waals surface area (Å²) in [5, 5.41) is 0. The molecule has 0 aliphatic carbocycles. The first-order chi connectivity index (χ1) is 1.73. The van der Waals surface area contributed by atoms with E-state index in [4.69, 9.17) is 0 Å². The Hall–Kier alpha value is 0.950. The molecule has 0 saturated carbocycles. The first kappa shape index (κ1) is 4.95. The molecule has 0 aromatic carbocycles. The molecule has 0 saturated heterocycles. The summed E-state index contributed by atoms with van der Waals surface area (Å²) in [6, 6.07) is 0. The van der Waals surface area contributed by atoms with Crippen molar-refractivity contribution in [3.8, 4) is 0 Å². The average molecular weight is 194 g/mol. The third-order valence-electron chi connectivity index (χ3n) is 0. The van der Waals surface area contributed by atoms with E-state index in [1.54, 1.807) is 0 Å². The largest absolute Gasteiger partial charge is 0.223 e. The minimum Gasteiger partial charge on any atom is -0.218 e. The molecule has 0 fully saturated rings. The quantitative estimate of drug-likeness (QED) is 0.408. The van der Waals surface area contributed by atoms with Gasteiger partial charge in [0.15, 0.2) is 0 Å². The topological polar surface area (TPSA) is 0 Å². The number of hydrogen-bond donors (Lipinski definition) is 0. The van der Waals surface area contributed by atoms with Gasteiger partial charge in [-0.2, -0.15) is 0 Å². The molecule has 0 aliphatic heterocycles. The molecule has 0 radical (unpaired) electrons. The zero-order valence-electron chi connectivity index (χ0n) is 1.71. The molecule has 0 nitrogen and oxygen atoms in total. The first-order valence-corrected chi connectivity index (χ1v) is 2.34. The van der Waals surface area contributed by atoms with Gasteiger partial charge in [0.2, 0.25) is 3.64 Å². The van der Waals surface area contributed by atoms with Crippen molar-refractivity contribution >= 4 is 34.2 Å². The molecule has 0 aromatic heterocycles. The smallest absolute Gasteiger partial charge is 0.218 e. The summed E-state index contributed by atoms with van der Waals surface area (Å²) in [4.78, 5) is 0. The second-order valence-corrected chi connectivity index (χ2v) is 2.46. The Bertz CT molecular complexity index is 12.8. The fourth-order valence-electron chi connectivity index (χ4n) is 0. The Kier molecular flexibility index (Phi) is 2.73. The van der Waals surface area contributed by atoms with Crippen LogP contribution in [0.5, 0.6) is 0 Å². The van der Waals surface area contributed by atoms with Gasteiger partial charge in [-0.3, -0.25) is 0 Å². The molecule has 0 bridgehead atoms. The summed E-state index contributed by atoms with van der Waals surface area (Å²) >= 11 is 6.04. The molecule has 4 heavy (non-hydrogen) atoms. The van der Waals surface area contributed by atoms with Crippen LogP contribution in [-0.2, 0) is 0 Å². The lowest BCUT2D eigenvalue weighted by molar-refractivity contribution is 0.579. The van der Waals surface area contributed by atoms with Gasteiger partial charge in [0.05, 0.1) is 0 Å². The van der Waals surface area contributed by atoms with Crippen LogP contribution in [0, 0.1) is 0 Å². The van der Waals surface area contributed by atoms with Gasteiger partial charge < -0.3 is 0 Å². The SMILES string of the molecule is FC(Cl)I. The summed E-state index contributed by atoms with van der Waals surface area (Å²) in [6.45, 7) is 0. The third-order valence-corrected chi connectivity index (χ3v) is 0. The van der Waals surface area contributed by atoms with Gasteiger partial charge in [0.1, 0.15) is 0 Å². The highest BCUT2D eigenvalue weighted by atomic mass is 127. The normalized spacial score (nSPS) is 15.8. The second-order valence-electron chi connectivity index (χ2n) is 0.247. The lowest BCUT2D eigenvalue weighted by atomic mass is 11.8. The Labute approximate surface area is 42.5 Å². The van der Waals surface area contributed by atoms with E-state index < -0.39 is 3.64 Å². The van der Waals surface area contributed by atoms with Crippen LogP contribution in [0.1, 0.15) is 0 Å². The summed E-state index contributed by atoms with van der Waals surface area (Å²) < 4.78 is 9.53. The first-order valence-electron chi connectivity index (χ1n) is 0.655. The molecule has 0 aliphatic rings. The number of halogens is 3. The van der Waals surface area contributed by atoms with Crippen molar-refractivity contribution in [2.45, 2.75) is 3.64 Å². The van der Waals surface area contributed by atoms with Crippen molar-refractivity contribution in [2.24, 2.45) is 0 Å². The molecule has 0 aromatic rings. The van der Waals surface area contributed by atoms with E-state index in [0.717, 1.165) is 0 Å².